The Morgan fingerprint density at radius 1 is 1.12 bits per heavy atom. The number of benzene rings is 1. The van der Waals surface area contributed by atoms with Crippen LogP contribution in [0.3, 0.4) is 0 Å². The molecule has 1 amide bonds. The molecule has 0 atom stereocenters. The number of aromatic nitrogens is 1. The molecule has 0 unspecified atom stereocenters. The number of esters is 1. The van der Waals surface area contributed by atoms with Crippen LogP contribution in [-0.2, 0) is 11.3 Å². The second-order valence-corrected chi connectivity index (χ2v) is 5.31. The molecule has 6 nitrogen and oxygen atoms in total. The highest BCUT2D eigenvalue weighted by Crippen LogP contribution is 2.19. The number of furan rings is 1. The summed E-state index contributed by atoms with van der Waals surface area (Å²) in [4.78, 5) is 27.8. The summed E-state index contributed by atoms with van der Waals surface area (Å²) >= 11 is 0. The van der Waals surface area contributed by atoms with Gasteiger partial charge in [0.25, 0.3) is 5.91 Å². The van der Waals surface area contributed by atoms with Crippen LogP contribution >= 0.6 is 0 Å². The van der Waals surface area contributed by atoms with Crippen molar-refractivity contribution in [1.82, 2.24) is 10.3 Å². The number of carbonyl (C=O) groups is 2. The maximum absolute atomic E-state index is 12.2. The fourth-order valence-corrected chi connectivity index (χ4v) is 2.32. The first-order valence-electron chi connectivity index (χ1n) is 7.62. The van der Waals surface area contributed by atoms with E-state index in [0.717, 1.165) is 16.9 Å². The summed E-state index contributed by atoms with van der Waals surface area (Å²) in [6.45, 7) is 0.332. The van der Waals surface area contributed by atoms with Gasteiger partial charge in [-0.25, -0.2) is 4.79 Å². The van der Waals surface area contributed by atoms with Gasteiger partial charge >= 0.3 is 5.97 Å². The summed E-state index contributed by atoms with van der Waals surface area (Å²) in [5.41, 5.74) is 2.56. The van der Waals surface area contributed by atoms with Crippen LogP contribution in [0.15, 0.2) is 65.5 Å². The van der Waals surface area contributed by atoms with Crippen molar-refractivity contribution in [2.45, 2.75) is 6.54 Å². The molecule has 0 aliphatic carbocycles. The Labute approximate surface area is 144 Å². The van der Waals surface area contributed by atoms with Crippen LogP contribution in [0.4, 0.5) is 0 Å². The Kier molecular flexibility index (Phi) is 4.89. The van der Waals surface area contributed by atoms with Crippen LogP contribution in [0.1, 0.15) is 26.3 Å². The summed E-state index contributed by atoms with van der Waals surface area (Å²) < 4.78 is 9.97. The lowest BCUT2D eigenvalue weighted by atomic mass is 10.1. The van der Waals surface area contributed by atoms with Gasteiger partial charge in [-0.05, 0) is 48.0 Å². The Balaban J connectivity index is 1.64. The van der Waals surface area contributed by atoms with E-state index < -0.39 is 5.97 Å². The average Bonchev–Trinajstić information content (AvgIpc) is 3.20. The fourth-order valence-electron chi connectivity index (χ4n) is 2.32. The zero-order valence-electron chi connectivity index (χ0n) is 13.6. The molecule has 0 saturated heterocycles. The fraction of sp³-hybridized carbons (Fsp3) is 0.105. The van der Waals surface area contributed by atoms with Crippen molar-refractivity contribution >= 4 is 11.9 Å². The van der Waals surface area contributed by atoms with Crippen molar-refractivity contribution in [3.05, 3.63) is 77.8 Å². The van der Waals surface area contributed by atoms with Gasteiger partial charge in [0.1, 0.15) is 5.76 Å². The predicted molar refractivity (Wildman–Crippen MR) is 90.9 cm³/mol. The van der Waals surface area contributed by atoms with E-state index in [1.807, 2.05) is 18.2 Å². The molecule has 2 heterocycles. The number of nitrogens with zero attached hydrogens (tertiary/aromatic N) is 1. The van der Waals surface area contributed by atoms with E-state index in [0.29, 0.717) is 17.7 Å². The smallest absolute Gasteiger partial charge is 0.337 e. The van der Waals surface area contributed by atoms with Gasteiger partial charge in [-0.3, -0.25) is 9.78 Å². The number of hydrogen-bond donors (Lipinski definition) is 1. The third kappa shape index (κ3) is 3.92. The van der Waals surface area contributed by atoms with Crippen molar-refractivity contribution in [1.29, 1.82) is 0 Å². The van der Waals surface area contributed by atoms with E-state index in [1.54, 1.807) is 42.9 Å². The number of rotatable bonds is 5. The molecule has 0 aliphatic rings. The van der Waals surface area contributed by atoms with Gasteiger partial charge in [-0.1, -0.05) is 0 Å². The quantitative estimate of drug-likeness (QED) is 0.724. The molecule has 6 heteroatoms. The summed E-state index contributed by atoms with van der Waals surface area (Å²) in [7, 11) is 1.31. The molecule has 1 N–H and O–H groups in total. The highest BCUT2D eigenvalue weighted by atomic mass is 16.5. The van der Waals surface area contributed by atoms with Crippen LogP contribution < -0.4 is 5.32 Å². The summed E-state index contributed by atoms with van der Waals surface area (Å²) in [5, 5.41) is 2.82. The van der Waals surface area contributed by atoms with E-state index in [-0.39, 0.29) is 5.91 Å². The second-order valence-electron chi connectivity index (χ2n) is 5.31. The maximum atomic E-state index is 12.2. The minimum atomic E-state index is -0.437. The van der Waals surface area contributed by atoms with Crippen molar-refractivity contribution < 1.29 is 18.7 Å². The van der Waals surface area contributed by atoms with E-state index >= 15 is 0 Å². The Hall–Kier alpha value is -3.41. The van der Waals surface area contributed by atoms with Gasteiger partial charge < -0.3 is 14.5 Å². The number of pyridine rings is 1. The van der Waals surface area contributed by atoms with Crippen molar-refractivity contribution in [3.63, 3.8) is 0 Å². The van der Waals surface area contributed by atoms with Gasteiger partial charge in [-0.15, -0.1) is 0 Å². The molecule has 25 heavy (non-hydrogen) atoms. The Morgan fingerprint density at radius 2 is 1.88 bits per heavy atom. The van der Waals surface area contributed by atoms with Crippen molar-refractivity contribution in [2.75, 3.05) is 7.11 Å². The minimum Gasteiger partial charge on any atom is -0.465 e. The Morgan fingerprint density at radius 3 is 2.56 bits per heavy atom. The maximum Gasteiger partial charge on any atom is 0.337 e. The van der Waals surface area contributed by atoms with Gasteiger partial charge in [0.2, 0.25) is 0 Å². The summed E-state index contributed by atoms with van der Waals surface area (Å²) in [6.07, 6.45) is 4.99. The summed E-state index contributed by atoms with van der Waals surface area (Å²) in [6, 6.07) is 11.8. The van der Waals surface area contributed by atoms with E-state index in [1.165, 1.54) is 7.11 Å². The topological polar surface area (TPSA) is 81.4 Å². The lowest BCUT2D eigenvalue weighted by molar-refractivity contribution is 0.0600. The zero-order valence-corrected chi connectivity index (χ0v) is 13.6. The van der Waals surface area contributed by atoms with Crippen LogP contribution in [-0.4, -0.2) is 24.0 Å². The molecule has 0 fully saturated rings. The molecule has 0 saturated carbocycles. The zero-order chi connectivity index (χ0) is 17.6. The van der Waals surface area contributed by atoms with Crippen molar-refractivity contribution in [3.8, 4) is 11.3 Å². The molecule has 1 aromatic carbocycles. The normalized spacial score (nSPS) is 10.3. The molecule has 0 bridgehead atoms. The largest absolute Gasteiger partial charge is 0.465 e. The standard InChI is InChI=1S/C19H16N2O4/c1-24-19(23)15-6-4-14(5-7-15)18(22)21-11-13-9-16(12-20-10-13)17-3-2-8-25-17/h2-10,12H,11H2,1H3,(H,21,22). The molecular weight excluding hydrogens is 320 g/mol. The first kappa shape index (κ1) is 16.4. The number of methoxy groups -OCH3 is 1. The van der Waals surface area contributed by atoms with Gasteiger partial charge in [0.15, 0.2) is 0 Å². The molecular formula is C19H16N2O4. The molecule has 3 rings (SSSR count). The lowest BCUT2D eigenvalue weighted by Crippen LogP contribution is -2.22. The molecule has 0 aliphatic heterocycles. The first-order valence-corrected chi connectivity index (χ1v) is 7.62. The predicted octanol–water partition coefficient (Wildman–Crippen LogP) is 3.06. The number of ether oxygens (including phenoxy) is 1. The van der Waals surface area contributed by atoms with Crippen LogP contribution in [0.25, 0.3) is 11.3 Å². The van der Waals surface area contributed by atoms with Crippen LogP contribution in [0, 0.1) is 0 Å². The first-order chi connectivity index (χ1) is 12.2. The second kappa shape index (κ2) is 7.44. The third-order valence-corrected chi connectivity index (χ3v) is 3.62. The molecule has 3 aromatic rings. The third-order valence-electron chi connectivity index (χ3n) is 3.62. The minimum absolute atomic E-state index is 0.236. The van der Waals surface area contributed by atoms with Crippen LogP contribution in [0.2, 0.25) is 0 Å². The van der Waals surface area contributed by atoms with Gasteiger partial charge in [0.05, 0.1) is 18.9 Å². The van der Waals surface area contributed by atoms with Crippen molar-refractivity contribution in [2.24, 2.45) is 0 Å². The lowest BCUT2D eigenvalue weighted by Gasteiger charge is -2.07. The molecule has 0 radical (unpaired) electrons. The molecule has 2 aromatic heterocycles. The highest BCUT2D eigenvalue weighted by Gasteiger charge is 2.09. The SMILES string of the molecule is COC(=O)c1ccc(C(=O)NCc2cncc(-c3ccco3)c2)cc1. The van der Waals surface area contributed by atoms with E-state index in [9.17, 15) is 9.59 Å². The van der Waals surface area contributed by atoms with E-state index in [2.05, 4.69) is 15.0 Å². The Bertz CT molecular complexity index is 871. The molecule has 0 spiro atoms. The number of amides is 1. The number of carbonyl (C=O) groups excluding carboxylic acids is 2. The van der Waals surface area contributed by atoms with Gasteiger partial charge in [-0.2, -0.15) is 0 Å². The summed E-state index contributed by atoms with van der Waals surface area (Å²) in [5.74, 6) is 0.0478. The monoisotopic (exact) mass is 336 g/mol. The molecule has 126 valence electrons. The number of hydrogen-bond acceptors (Lipinski definition) is 5. The van der Waals surface area contributed by atoms with E-state index in [4.69, 9.17) is 4.42 Å². The van der Waals surface area contributed by atoms with Crippen LogP contribution in [0.5, 0.6) is 0 Å². The average molecular weight is 336 g/mol. The highest BCUT2D eigenvalue weighted by molar-refractivity contribution is 5.96. The van der Waals surface area contributed by atoms with Gasteiger partial charge in [0, 0.05) is 30.1 Å². The number of nitrogens with one attached hydrogen (secondary N) is 1.